The molecule has 1 unspecified atom stereocenters. The van der Waals surface area contributed by atoms with Crippen LogP contribution in [0.1, 0.15) is 162 Å². The maximum atomic E-state index is 2.61. The summed E-state index contributed by atoms with van der Waals surface area (Å²) < 4.78 is 1.48. The number of fused-ring (bicyclic) bond motifs is 2. The molecule has 0 fully saturated rings. The molecule has 0 heterocycles. The molecule has 2 aliphatic carbocycles. The molecule has 0 saturated heterocycles. The third-order valence-corrected chi connectivity index (χ3v) is 13.1. The van der Waals surface area contributed by atoms with Crippen LogP contribution >= 0.6 is 0 Å². The van der Waals surface area contributed by atoms with Gasteiger partial charge in [-0.2, -0.15) is 0 Å². The van der Waals surface area contributed by atoms with Gasteiger partial charge in [0.2, 0.25) is 0 Å². The van der Waals surface area contributed by atoms with E-state index in [0.29, 0.717) is 5.92 Å². The van der Waals surface area contributed by atoms with Crippen LogP contribution in [0.4, 0.5) is 0 Å². The first kappa shape index (κ1) is 46.3. The molecular formula is C53H65Cl2Zr. The summed E-state index contributed by atoms with van der Waals surface area (Å²) in [5.41, 5.74) is 15.5. The minimum absolute atomic E-state index is 0. The van der Waals surface area contributed by atoms with Gasteiger partial charge in [0.1, 0.15) is 0 Å². The number of rotatable bonds is 4. The summed E-state index contributed by atoms with van der Waals surface area (Å²) in [4.78, 5) is 0. The van der Waals surface area contributed by atoms with Crippen LogP contribution in [-0.2, 0) is 46.4 Å². The van der Waals surface area contributed by atoms with Crippen molar-refractivity contribution in [1.82, 2.24) is 0 Å². The molecular weight excluding hydrogens is 799 g/mol. The fourth-order valence-electron chi connectivity index (χ4n) is 8.30. The summed E-state index contributed by atoms with van der Waals surface area (Å²) in [6, 6.07) is 29.0. The van der Waals surface area contributed by atoms with Gasteiger partial charge in [0, 0.05) is 0 Å². The molecule has 4 aromatic rings. The fourth-order valence-corrected chi connectivity index (χ4v) is 9.48. The Morgan fingerprint density at radius 2 is 0.982 bits per heavy atom. The number of hydrogen-bond acceptors (Lipinski definition) is 0. The Labute approximate surface area is 367 Å². The smallest absolute Gasteiger partial charge is 1.00 e. The van der Waals surface area contributed by atoms with Crippen LogP contribution in [0.5, 0.6) is 0 Å². The van der Waals surface area contributed by atoms with Gasteiger partial charge < -0.3 is 24.8 Å². The molecule has 0 N–H and O–H groups in total. The summed E-state index contributed by atoms with van der Waals surface area (Å²) >= 11 is 1.46. The Morgan fingerprint density at radius 3 is 1.39 bits per heavy atom. The van der Waals surface area contributed by atoms with Gasteiger partial charge in [0.25, 0.3) is 0 Å². The van der Waals surface area contributed by atoms with Crippen molar-refractivity contribution in [3.63, 3.8) is 0 Å². The van der Waals surface area contributed by atoms with Crippen molar-refractivity contribution < 1.29 is 49.5 Å². The van der Waals surface area contributed by atoms with Gasteiger partial charge in [0.15, 0.2) is 0 Å². The van der Waals surface area contributed by atoms with Crippen molar-refractivity contribution in [1.29, 1.82) is 0 Å². The molecule has 0 aliphatic heterocycles. The van der Waals surface area contributed by atoms with Gasteiger partial charge in [-0.1, -0.05) is 0 Å². The molecule has 295 valence electrons. The summed E-state index contributed by atoms with van der Waals surface area (Å²) in [6.45, 7) is 37.7. The van der Waals surface area contributed by atoms with Crippen LogP contribution in [0.15, 0.2) is 90.5 Å². The normalized spacial score (nSPS) is 15.8. The van der Waals surface area contributed by atoms with E-state index in [-0.39, 0.29) is 51.9 Å². The number of hydrogen-bond donors (Lipinski definition) is 0. The molecule has 0 amide bonds. The zero-order valence-corrected chi connectivity index (χ0v) is 41.1. The number of benzene rings is 4. The SMILES string of the molecule is CCC1C=C(C(C)(C)C)C=C1c1c2c(cc(C(C)(C)C)c1=C(c1ccc(C(C)(C)C)cc1)c1ccc(C(C)(C)C)cc1)=c1cc(C(C)(C)C)ccc1=[C]2[Zr+2].[Cl-].[Cl-]. The molecule has 6 rings (SSSR count). The van der Waals surface area contributed by atoms with E-state index >= 15 is 0 Å². The molecule has 0 saturated carbocycles. The minimum Gasteiger partial charge on any atom is -1.00 e. The molecule has 0 radical (unpaired) electrons. The fraction of sp³-hybridized carbons (Fsp3) is 0.434. The average molecular weight is 864 g/mol. The second-order valence-electron chi connectivity index (χ2n) is 21.2. The van der Waals surface area contributed by atoms with Crippen LogP contribution in [0.25, 0.3) is 14.4 Å². The van der Waals surface area contributed by atoms with Crippen LogP contribution < -0.4 is 35.3 Å². The molecule has 0 bridgehead atoms. The first-order chi connectivity index (χ1) is 24.8. The predicted molar refractivity (Wildman–Crippen MR) is 231 cm³/mol. The molecule has 1 atom stereocenters. The summed E-state index contributed by atoms with van der Waals surface area (Å²) in [5, 5.41) is 5.64. The third-order valence-electron chi connectivity index (χ3n) is 11.8. The zero-order chi connectivity index (χ0) is 39.9. The maximum Gasteiger partial charge on any atom is -1.00 e. The van der Waals surface area contributed by atoms with Crippen molar-refractivity contribution in [3.8, 4) is 0 Å². The molecule has 56 heavy (non-hydrogen) atoms. The number of halogens is 2. The van der Waals surface area contributed by atoms with Crippen LogP contribution in [0.2, 0.25) is 0 Å². The van der Waals surface area contributed by atoms with Gasteiger partial charge in [0.05, 0.1) is 0 Å². The summed E-state index contributed by atoms with van der Waals surface area (Å²) in [7, 11) is 0. The monoisotopic (exact) mass is 861 g/mol. The van der Waals surface area contributed by atoms with Gasteiger partial charge in [-0.15, -0.1) is 0 Å². The van der Waals surface area contributed by atoms with E-state index in [1.54, 1.807) is 0 Å². The second kappa shape index (κ2) is 16.0. The molecule has 0 aromatic heterocycles. The largest absolute Gasteiger partial charge is 1.00 e. The van der Waals surface area contributed by atoms with E-state index in [1.807, 2.05) is 0 Å². The van der Waals surface area contributed by atoms with Crippen molar-refractivity contribution >= 4 is 14.4 Å². The second-order valence-corrected chi connectivity index (χ2v) is 22.5. The van der Waals surface area contributed by atoms with E-state index in [2.05, 4.69) is 196 Å². The Hall–Kier alpha value is -2.44. The quantitative estimate of drug-likeness (QED) is 0.211. The van der Waals surface area contributed by atoms with Crippen LogP contribution in [-0.4, -0.2) is 0 Å². The first-order valence-electron chi connectivity index (χ1n) is 20.3. The van der Waals surface area contributed by atoms with Crippen LogP contribution in [0.3, 0.4) is 0 Å². The minimum atomic E-state index is -0.117. The van der Waals surface area contributed by atoms with Crippen LogP contribution in [0, 0.1) is 21.8 Å². The Morgan fingerprint density at radius 1 is 0.518 bits per heavy atom. The maximum absolute atomic E-state index is 2.61. The van der Waals surface area contributed by atoms with Crippen molar-refractivity contribution in [2.24, 2.45) is 11.3 Å². The predicted octanol–water partition coefficient (Wildman–Crippen LogP) is 6.83. The van der Waals surface area contributed by atoms with Gasteiger partial charge >= 0.3 is 345 Å². The number of allylic oxidation sites excluding steroid dienone is 4. The topological polar surface area (TPSA) is 0 Å². The summed E-state index contributed by atoms with van der Waals surface area (Å²) in [5.74, 6) is 0.350. The van der Waals surface area contributed by atoms with E-state index in [1.165, 1.54) is 110 Å². The van der Waals surface area contributed by atoms with Crippen molar-refractivity contribution in [2.75, 3.05) is 0 Å². The van der Waals surface area contributed by atoms with Gasteiger partial charge in [-0.25, -0.2) is 0 Å². The van der Waals surface area contributed by atoms with Crippen molar-refractivity contribution in [2.45, 2.75) is 139 Å². The summed E-state index contributed by atoms with van der Waals surface area (Å²) in [6.07, 6.45) is 6.26. The zero-order valence-electron chi connectivity index (χ0n) is 37.1. The third kappa shape index (κ3) is 8.78. The van der Waals surface area contributed by atoms with E-state index in [9.17, 15) is 0 Å². The Bertz CT molecular complexity index is 2350. The molecule has 4 aromatic carbocycles. The standard InChI is InChI=1S/C53H65.2ClH.Zr/c1-17-33-28-40(52(11,12)13)31-42(33)47-44-29-36-22-27-39(51(8,9)10)30-41(36)43(44)32-45(53(14,15)16)48(47)46(34-18-23-37(24-19-34)49(2,3)4)35-20-25-38(26-21-35)50(5,6)7;;;/h18-28,30-33H,17H2,1-16H3;2*1H;/q;;;+2/p-2. The molecule has 0 spiro atoms. The van der Waals surface area contributed by atoms with E-state index in [4.69, 9.17) is 0 Å². The molecule has 2 aliphatic rings. The van der Waals surface area contributed by atoms with Gasteiger partial charge in [-0.05, 0) is 0 Å². The molecule has 0 nitrogen and oxygen atoms in total. The average Bonchev–Trinajstić information content (AvgIpc) is 3.62. The first-order valence-corrected chi connectivity index (χ1v) is 21.5. The van der Waals surface area contributed by atoms with Crippen molar-refractivity contribution in [3.05, 3.63) is 156 Å². The Balaban J connectivity index is 0.00000348. The van der Waals surface area contributed by atoms with E-state index in [0.717, 1.165) is 6.42 Å². The molecule has 3 heteroatoms. The van der Waals surface area contributed by atoms with Gasteiger partial charge in [-0.3, -0.25) is 0 Å². The van der Waals surface area contributed by atoms with E-state index < -0.39 is 0 Å². The Kier molecular flexibility index (Phi) is 13.2.